The fourth-order valence-corrected chi connectivity index (χ4v) is 4.10. The molecule has 1 aliphatic rings. The standard InChI is InChI=1S/C18H20ClN5OS/c1-2-24-16(13-5-7-14(19)8-6-13)22-23-17(24)26-11-15(25)21-18(12-20)9-3-4-10-18/h5-8H,2-4,9-11H2,1H3,(H,21,25). The molecule has 1 aliphatic carbocycles. The molecule has 2 aromatic rings. The third-order valence-electron chi connectivity index (χ3n) is 4.52. The number of carbonyl (C=O) groups excluding carboxylic acids is 1. The molecule has 1 N–H and O–H groups in total. The molecule has 0 bridgehead atoms. The Bertz CT molecular complexity index is 821. The van der Waals surface area contributed by atoms with Crippen molar-refractivity contribution in [2.75, 3.05) is 5.75 Å². The molecule has 0 spiro atoms. The lowest BCUT2D eigenvalue weighted by atomic mass is 10.0. The fraction of sp³-hybridized carbons (Fsp3) is 0.444. The zero-order valence-corrected chi connectivity index (χ0v) is 16.1. The first kappa shape index (κ1) is 18.7. The number of carbonyl (C=O) groups is 1. The van der Waals surface area contributed by atoms with Crippen LogP contribution in [0.2, 0.25) is 5.02 Å². The summed E-state index contributed by atoms with van der Waals surface area (Å²) in [5, 5.41) is 22.1. The number of thioether (sulfide) groups is 1. The minimum absolute atomic E-state index is 0.142. The zero-order chi connectivity index (χ0) is 18.6. The van der Waals surface area contributed by atoms with E-state index in [1.807, 2.05) is 35.8 Å². The smallest absolute Gasteiger partial charge is 0.231 e. The van der Waals surface area contributed by atoms with Gasteiger partial charge in [-0.05, 0) is 56.9 Å². The Morgan fingerprint density at radius 1 is 1.35 bits per heavy atom. The van der Waals surface area contributed by atoms with Gasteiger partial charge in [0.25, 0.3) is 0 Å². The fourth-order valence-electron chi connectivity index (χ4n) is 3.17. The Morgan fingerprint density at radius 3 is 2.65 bits per heavy atom. The first-order valence-corrected chi connectivity index (χ1v) is 9.97. The molecule has 8 heteroatoms. The molecule has 6 nitrogen and oxygen atoms in total. The van der Waals surface area contributed by atoms with E-state index < -0.39 is 5.54 Å². The summed E-state index contributed by atoms with van der Waals surface area (Å²) in [6.45, 7) is 2.70. The average molecular weight is 390 g/mol. The second-order valence-corrected chi connectivity index (χ2v) is 7.67. The van der Waals surface area contributed by atoms with Crippen LogP contribution in [0.1, 0.15) is 32.6 Å². The molecule has 1 saturated carbocycles. The normalized spacial score (nSPS) is 15.6. The predicted molar refractivity (Wildman–Crippen MR) is 102 cm³/mol. The van der Waals surface area contributed by atoms with Crippen LogP contribution in [0.5, 0.6) is 0 Å². The lowest BCUT2D eigenvalue weighted by Gasteiger charge is -2.21. The molecule has 1 heterocycles. The number of nitrogens with one attached hydrogen (secondary N) is 1. The van der Waals surface area contributed by atoms with Gasteiger partial charge in [0, 0.05) is 17.1 Å². The first-order valence-electron chi connectivity index (χ1n) is 8.61. The largest absolute Gasteiger partial charge is 0.337 e. The molecule has 136 valence electrons. The quantitative estimate of drug-likeness (QED) is 0.762. The topological polar surface area (TPSA) is 83.6 Å². The van der Waals surface area contributed by atoms with Gasteiger partial charge in [-0.15, -0.1) is 10.2 Å². The second-order valence-electron chi connectivity index (χ2n) is 6.30. The Balaban J connectivity index is 1.68. The van der Waals surface area contributed by atoms with Crippen molar-refractivity contribution >= 4 is 29.3 Å². The van der Waals surface area contributed by atoms with E-state index in [2.05, 4.69) is 21.6 Å². The number of hydrogen-bond donors (Lipinski definition) is 1. The number of aromatic nitrogens is 3. The highest BCUT2D eigenvalue weighted by molar-refractivity contribution is 7.99. The lowest BCUT2D eigenvalue weighted by Crippen LogP contribution is -2.45. The van der Waals surface area contributed by atoms with E-state index in [0.29, 0.717) is 16.7 Å². The summed E-state index contributed by atoms with van der Waals surface area (Å²) >= 11 is 7.27. The molecule has 0 unspecified atom stereocenters. The van der Waals surface area contributed by atoms with Crippen LogP contribution in [0, 0.1) is 11.3 Å². The van der Waals surface area contributed by atoms with Gasteiger partial charge in [-0.25, -0.2) is 0 Å². The number of nitriles is 1. The summed E-state index contributed by atoms with van der Waals surface area (Å²) in [4.78, 5) is 12.3. The average Bonchev–Trinajstić information content (AvgIpc) is 3.27. The highest BCUT2D eigenvalue weighted by atomic mass is 35.5. The lowest BCUT2D eigenvalue weighted by molar-refractivity contribution is -0.119. The summed E-state index contributed by atoms with van der Waals surface area (Å²) in [6, 6.07) is 9.70. The predicted octanol–water partition coefficient (Wildman–Crippen LogP) is 3.66. The summed E-state index contributed by atoms with van der Waals surface area (Å²) in [7, 11) is 0. The minimum Gasteiger partial charge on any atom is -0.337 e. The third kappa shape index (κ3) is 4.02. The van der Waals surface area contributed by atoms with Crippen molar-refractivity contribution in [3.05, 3.63) is 29.3 Å². The van der Waals surface area contributed by atoms with Crippen LogP contribution in [-0.2, 0) is 11.3 Å². The Hall–Kier alpha value is -2.04. The monoisotopic (exact) mass is 389 g/mol. The van der Waals surface area contributed by atoms with Gasteiger partial charge < -0.3 is 9.88 Å². The summed E-state index contributed by atoms with van der Waals surface area (Å²) in [5.41, 5.74) is 0.235. The SMILES string of the molecule is CCn1c(SCC(=O)NC2(C#N)CCCC2)nnc1-c1ccc(Cl)cc1. The van der Waals surface area contributed by atoms with Gasteiger partial charge in [-0.2, -0.15) is 5.26 Å². The molecule has 0 radical (unpaired) electrons. The van der Waals surface area contributed by atoms with Crippen LogP contribution in [0.25, 0.3) is 11.4 Å². The molecule has 1 amide bonds. The van der Waals surface area contributed by atoms with Gasteiger partial charge >= 0.3 is 0 Å². The summed E-state index contributed by atoms with van der Waals surface area (Å²) in [6.07, 6.45) is 3.42. The van der Waals surface area contributed by atoms with Crippen LogP contribution >= 0.6 is 23.4 Å². The molecule has 1 aromatic heterocycles. The number of amides is 1. The summed E-state index contributed by atoms with van der Waals surface area (Å²) < 4.78 is 1.97. The van der Waals surface area contributed by atoms with E-state index >= 15 is 0 Å². The maximum atomic E-state index is 12.3. The van der Waals surface area contributed by atoms with Crippen molar-refractivity contribution in [1.82, 2.24) is 20.1 Å². The zero-order valence-electron chi connectivity index (χ0n) is 14.5. The van der Waals surface area contributed by atoms with Crippen LogP contribution in [0.4, 0.5) is 0 Å². The number of benzene rings is 1. The highest BCUT2D eigenvalue weighted by Crippen LogP contribution is 2.29. The summed E-state index contributed by atoms with van der Waals surface area (Å²) in [5.74, 6) is 0.816. The van der Waals surface area contributed by atoms with E-state index in [4.69, 9.17) is 11.6 Å². The molecule has 1 fully saturated rings. The number of halogens is 1. The second kappa shape index (κ2) is 8.11. The van der Waals surface area contributed by atoms with Crippen molar-refractivity contribution in [1.29, 1.82) is 5.26 Å². The maximum absolute atomic E-state index is 12.3. The van der Waals surface area contributed by atoms with Crippen molar-refractivity contribution in [3.8, 4) is 17.5 Å². The van der Waals surface area contributed by atoms with Gasteiger partial charge in [0.1, 0.15) is 5.54 Å². The third-order valence-corrected chi connectivity index (χ3v) is 5.74. The van der Waals surface area contributed by atoms with Gasteiger partial charge in [-0.1, -0.05) is 23.4 Å². The van der Waals surface area contributed by atoms with Crippen LogP contribution in [0.3, 0.4) is 0 Å². The molecule has 26 heavy (non-hydrogen) atoms. The van der Waals surface area contributed by atoms with Gasteiger partial charge in [0.15, 0.2) is 11.0 Å². The van der Waals surface area contributed by atoms with E-state index in [0.717, 1.165) is 37.1 Å². The van der Waals surface area contributed by atoms with Gasteiger partial charge in [0.05, 0.1) is 11.8 Å². The number of hydrogen-bond acceptors (Lipinski definition) is 5. The highest BCUT2D eigenvalue weighted by Gasteiger charge is 2.35. The molecular formula is C18H20ClN5OS. The molecule has 0 atom stereocenters. The van der Waals surface area contributed by atoms with E-state index in [9.17, 15) is 10.1 Å². The van der Waals surface area contributed by atoms with Crippen molar-refractivity contribution in [2.45, 2.75) is 49.8 Å². The Labute approximate surface area is 161 Å². The van der Waals surface area contributed by atoms with Gasteiger partial charge in [-0.3, -0.25) is 4.79 Å². The minimum atomic E-state index is -0.690. The van der Waals surface area contributed by atoms with Crippen LogP contribution in [-0.4, -0.2) is 32.0 Å². The molecule has 1 aromatic carbocycles. The maximum Gasteiger partial charge on any atom is 0.231 e. The number of nitrogens with zero attached hydrogens (tertiary/aromatic N) is 4. The molecular weight excluding hydrogens is 370 g/mol. The van der Waals surface area contributed by atoms with Crippen LogP contribution in [0.15, 0.2) is 29.4 Å². The van der Waals surface area contributed by atoms with Crippen molar-refractivity contribution in [3.63, 3.8) is 0 Å². The van der Waals surface area contributed by atoms with E-state index in [1.54, 1.807) is 0 Å². The van der Waals surface area contributed by atoms with Gasteiger partial charge in [0.2, 0.25) is 5.91 Å². The van der Waals surface area contributed by atoms with E-state index in [1.165, 1.54) is 11.8 Å². The van der Waals surface area contributed by atoms with E-state index in [-0.39, 0.29) is 11.7 Å². The Kier molecular flexibility index (Phi) is 5.84. The van der Waals surface area contributed by atoms with Crippen LogP contribution < -0.4 is 5.32 Å². The molecule has 0 aliphatic heterocycles. The van der Waals surface area contributed by atoms with Crippen molar-refractivity contribution < 1.29 is 4.79 Å². The molecule has 3 rings (SSSR count). The first-order chi connectivity index (χ1) is 12.6. The van der Waals surface area contributed by atoms with Crippen molar-refractivity contribution in [2.24, 2.45) is 0 Å². The number of rotatable bonds is 6. The Morgan fingerprint density at radius 2 is 2.04 bits per heavy atom. The molecule has 0 saturated heterocycles.